The van der Waals surface area contributed by atoms with Crippen LogP contribution in [0, 0.1) is 0 Å². The van der Waals surface area contributed by atoms with Gasteiger partial charge in [-0.25, -0.2) is 0 Å². The van der Waals surface area contributed by atoms with E-state index < -0.39 is 6.04 Å². The maximum absolute atomic E-state index is 10.4. The molecule has 0 fully saturated rings. The van der Waals surface area contributed by atoms with Gasteiger partial charge in [-0.3, -0.25) is 4.79 Å². The molecule has 0 aliphatic heterocycles. The van der Waals surface area contributed by atoms with Crippen molar-refractivity contribution >= 4 is 12.2 Å². The lowest BCUT2D eigenvalue weighted by molar-refractivity contribution is -0.122. The summed E-state index contributed by atoms with van der Waals surface area (Å²) in [6, 6.07) is -0.662. The van der Waals surface area contributed by atoms with E-state index in [1.54, 1.807) is 0 Å². The van der Waals surface area contributed by atoms with E-state index in [1.807, 2.05) is 0 Å². The zero-order valence-corrected chi connectivity index (χ0v) is 5.26. The summed E-state index contributed by atoms with van der Waals surface area (Å²) in [7, 11) is 1.50. The Hall–Kier alpha value is -0.900. The highest BCUT2D eigenvalue weighted by molar-refractivity contribution is 5.79. The monoisotopic (exact) mass is 130 g/mol. The molecule has 0 rings (SSSR count). The van der Waals surface area contributed by atoms with E-state index in [0.717, 1.165) is 0 Å². The molecule has 0 heterocycles. The average Bonchev–Trinajstić information content (AvgIpc) is 1.87. The molecule has 0 spiro atoms. The molecule has 4 heteroatoms. The molecule has 1 atom stereocenters. The largest absolute Gasteiger partial charge is 0.359 e. The Kier molecular flexibility index (Phi) is 3.62. The molecule has 0 bridgehead atoms. The Morgan fingerprint density at radius 1 is 1.89 bits per heavy atom. The molecule has 4 nitrogen and oxygen atoms in total. The van der Waals surface area contributed by atoms with Gasteiger partial charge < -0.3 is 15.8 Å². The topological polar surface area (TPSA) is 72.2 Å². The summed E-state index contributed by atoms with van der Waals surface area (Å²) in [6.07, 6.45) is 0.620. The fourth-order valence-corrected chi connectivity index (χ4v) is 0.364. The van der Waals surface area contributed by atoms with Crippen LogP contribution in [0.2, 0.25) is 0 Å². The summed E-state index contributed by atoms with van der Waals surface area (Å²) in [4.78, 5) is 20.3. The Morgan fingerprint density at radius 3 is 2.78 bits per heavy atom. The quantitative estimate of drug-likeness (QED) is 0.464. The van der Waals surface area contributed by atoms with Crippen molar-refractivity contribution in [3.8, 4) is 0 Å². The lowest BCUT2D eigenvalue weighted by atomic mass is 10.2. The number of hydrogen-bond acceptors (Lipinski definition) is 3. The van der Waals surface area contributed by atoms with Crippen LogP contribution in [0.5, 0.6) is 0 Å². The normalized spacial score (nSPS) is 12.2. The number of nitrogens with two attached hydrogens (primary N) is 1. The van der Waals surface area contributed by atoms with E-state index in [-0.39, 0.29) is 12.3 Å². The Balaban J connectivity index is 3.46. The van der Waals surface area contributed by atoms with Gasteiger partial charge in [0.25, 0.3) is 0 Å². The molecule has 9 heavy (non-hydrogen) atoms. The molecular weight excluding hydrogens is 120 g/mol. The maximum atomic E-state index is 10.4. The third kappa shape index (κ3) is 3.66. The van der Waals surface area contributed by atoms with Gasteiger partial charge >= 0.3 is 0 Å². The van der Waals surface area contributed by atoms with Gasteiger partial charge in [0.1, 0.15) is 6.29 Å². The second-order valence-electron chi connectivity index (χ2n) is 1.68. The van der Waals surface area contributed by atoms with Crippen LogP contribution in [0.4, 0.5) is 0 Å². The van der Waals surface area contributed by atoms with Gasteiger partial charge in [-0.05, 0) is 0 Å². The molecule has 52 valence electrons. The number of amides is 1. The van der Waals surface area contributed by atoms with Gasteiger partial charge in [0.2, 0.25) is 5.91 Å². The van der Waals surface area contributed by atoms with E-state index in [0.29, 0.717) is 6.29 Å². The molecule has 0 unspecified atom stereocenters. The number of carbonyl (C=O) groups excluding carboxylic acids is 2. The van der Waals surface area contributed by atoms with Crippen molar-refractivity contribution in [3.63, 3.8) is 0 Å². The predicted octanol–water partition coefficient (Wildman–Crippen LogP) is -1.35. The van der Waals surface area contributed by atoms with Crippen molar-refractivity contribution in [2.75, 3.05) is 7.05 Å². The number of nitrogens with one attached hydrogen (secondary N) is 1. The first-order chi connectivity index (χ1) is 4.20. The Bertz CT molecular complexity index is 114. The SMILES string of the molecule is CNC(=O)C[C@@H](N)C=O. The summed E-state index contributed by atoms with van der Waals surface area (Å²) < 4.78 is 0. The number of rotatable bonds is 3. The molecule has 0 aromatic heterocycles. The average molecular weight is 130 g/mol. The third-order valence-electron chi connectivity index (χ3n) is 0.875. The van der Waals surface area contributed by atoms with Gasteiger partial charge in [0.15, 0.2) is 0 Å². The summed E-state index contributed by atoms with van der Waals surface area (Å²) in [5.41, 5.74) is 5.12. The minimum atomic E-state index is -0.662. The highest BCUT2D eigenvalue weighted by Gasteiger charge is 2.04. The van der Waals surface area contributed by atoms with E-state index in [9.17, 15) is 9.59 Å². The van der Waals surface area contributed by atoms with Crippen molar-refractivity contribution in [3.05, 3.63) is 0 Å². The van der Waals surface area contributed by atoms with Gasteiger partial charge in [-0.1, -0.05) is 0 Å². The fourth-order valence-electron chi connectivity index (χ4n) is 0.364. The van der Waals surface area contributed by atoms with Gasteiger partial charge in [0, 0.05) is 13.5 Å². The molecule has 0 aromatic carbocycles. The first-order valence-corrected chi connectivity index (χ1v) is 2.62. The maximum Gasteiger partial charge on any atom is 0.221 e. The van der Waals surface area contributed by atoms with E-state index >= 15 is 0 Å². The number of hydrogen-bond donors (Lipinski definition) is 2. The first-order valence-electron chi connectivity index (χ1n) is 2.62. The van der Waals surface area contributed by atoms with Gasteiger partial charge in [-0.2, -0.15) is 0 Å². The van der Waals surface area contributed by atoms with E-state index in [4.69, 9.17) is 5.73 Å². The van der Waals surface area contributed by atoms with Gasteiger partial charge in [-0.15, -0.1) is 0 Å². The molecule has 0 aromatic rings. The van der Waals surface area contributed by atoms with Crippen LogP contribution in [-0.2, 0) is 9.59 Å². The van der Waals surface area contributed by atoms with Crippen molar-refractivity contribution in [2.24, 2.45) is 5.73 Å². The van der Waals surface area contributed by atoms with Crippen LogP contribution >= 0.6 is 0 Å². The van der Waals surface area contributed by atoms with E-state index in [1.165, 1.54) is 7.05 Å². The molecule has 0 aliphatic rings. The minimum Gasteiger partial charge on any atom is -0.359 e. The van der Waals surface area contributed by atoms with Crippen molar-refractivity contribution in [2.45, 2.75) is 12.5 Å². The third-order valence-corrected chi connectivity index (χ3v) is 0.875. The molecule has 1 amide bonds. The number of carbonyl (C=O) groups is 2. The van der Waals surface area contributed by atoms with Crippen molar-refractivity contribution in [1.29, 1.82) is 0 Å². The zero-order valence-electron chi connectivity index (χ0n) is 5.26. The fraction of sp³-hybridized carbons (Fsp3) is 0.600. The summed E-state index contributed by atoms with van der Waals surface area (Å²) in [5.74, 6) is -0.213. The second kappa shape index (κ2) is 4.03. The minimum absolute atomic E-state index is 0.0694. The van der Waals surface area contributed by atoms with Crippen LogP contribution in [0.1, 0.15) is 6.42 Å². The van der Waals surface area contributed by atoms with Crippen LogP contribution in [0.15, 0.2) is 0 Å². The molecule has 0 saturated heterocycles. The Labute approximate surface area is 53.4 Å². The molecule has 0 radical (unpaired) electrons. The first kappa shape index (κ1) is 8.10. The summed E-state index contributed by atoms with van der Waals surface area (Å²) in [5, 5.41) is 2.35. The van der Waals surface area contributed by atoms with Crippen LogP contribution < -0.4 is 11.1 Å². The standard InChI is InChI=1S/C5H10N2O2/c1-7-5(9)2-4(6)3-8/h3-4H,2,6H2,1H3,(H,7,9)/t4-/m1/s1. The van der Waals surface area contributed by atoms with Crippen molar-refractivity contribution < 1.29 is 9.59 Å². The molecule has 3 N–H and O–H groups in total. The highest BCUT2D eigenvalue weighted by atomic mass is 16.1. The predicted molar refractivity (Wildman–Crippen MR) is 32.7 cm³/mol. The number of aldehydes is 1. The van der Waals surface area contributed by atoms with Gasteiger partial charge in [0.05, 0.1) is 6.04 Å². The van der Waals surface area contributed by atoms with Crippen LogP contribution in [0.25, 0.3) is 0 Å². The zero-order chi connectivity index (χ0) is 7.28. The summed E-state index contributed by atoms with van der Waals surface area (Å²) in [6.45, 7) is 0. The molecule has 0 saturated carbocycles. The second-order valence-corrected chi connectivity index (χ2v) is 1.68. The lowest BCUT2D eigenvalue weighted by Gasteiger charge is -1.99. The Morgan fingerprint density at radius 2 is 2.44 bits per heavy atom. The molecule has 0 aliphatic carbocycles. The molecular formula is C5H10N2O2. The van der Waals surface area contributed by atoms with E-state index in [2.05, 4.69) is 5.32 Å². The lowest BCUT2D eigenvalue weighted by Crippen LogP contribution is -2.30. The summed E-state index contributed by atoms with van der Waals surface area (Å²) >= 11 is 0. The smallest absolute Gasteiger partial charge is 0.221 e. The van der Waals surface area contributed by atoms with Crippen LogP contribution in [-0.4, -0.2) is 25.3 Å². The van der Waals surface area contributed by atoms with Crippen molar-refractivity contribution in [1.82, 2.24) is 5.32 Å². The highest BCUT2D eigenvalue weighted by Crippen LogP contribution is 1.81. The van der Waals surface area contributed by atoms with Crippen LogP contribution in [0.3, 0.4) is 0 Å².